The molecule has 1 aliphatic rings. The number of aromatic nitrogens is 2. The van der Waals surface area contributed by atoms with Gasteiger partial charge in [0.1, 0.15) is 11.2 Å². The maximum absolute atomic E-state index is 13.1. The molecule has 2 heterocycles. The highest BCUT2D eigenvalue weighted by Gasteiger charge is 2.46. The summed E-state index contributed by atoms with van der Waals surface area (Å²) in [5.74, 6) is -0.992. The number of fused-ring (bicyclic) bond motifs is 1. The fourth-order valence-corrected chi connectivity index (χ4v) is 3.53. The van der Waals surface area contributed by atoms with Gasteiger partial charge >= 0.3 is 0 Å². The molecule has 0 radical (unpaired) electrons. The number of carbonyl (C=O) groups is 3. The molecule has 0 saturated heterocycles. The molecule has 0 spiro atoms. The van der Waals surface area contributed by atoms with Crippen molar-refractivity contribution in [2.24, 2.45) is 0 Å². The molecular weight excluding hydrogens is 410 g/mol. The summed E-state index contributed by atoms with van der Waals surface area (Å²) in [7, 11) is 1.60. The normalized spacial score (nSPS) is 17.8. The Kier molecular flexibility index (Phi) is 7.29. The van der Waals surface area contributed by atoms with Crippen LogP contribution in [0.4, 0.5) is 0 Å². The molecule has 2 N–H and O–H groups in total. The number of ether oxygens (including phenoxy) is 1. The molecular formula is C23H31N5O4. The van der Waals surface area contributed by atoms with E-state index >= 15 is 0 Å². The van der Waals surface area contributed by atoms with Crippen LogP contribution in [0.25, 0.3) is 0 Å². The van der Waals surface area contributed by atoms with E-state index in [4.69, 9.17) is 4.74 Å². The van der Waals surface area contributed by atoms with Crippen LogP contribution in [-0.2, 0) is 22.6 Å². The summed E-state index contributed by atoms with van der Waals surface area (Å²) >= 11 is 0. The molecule has 0 aliphatic carbocycles. The Morgan fingerprint density at radius 2 is 1.94 bits per heavy atom. The largest absolute Gasteiger partial charge is 0.382 e. The van der Waals surface area contributed by atoms with Gasteiger partial charge in [-0.1, -0.05) is 29.8 Å². The molecule has 32 heavy (non-hydrogen) atoms. The number of hydrogen-bond acceptors (Lipinski definition) is 5. The van der Waals surface area contributed by atoms with E-state index in [1.165, 1.54) is 15.6 Å². The van der Waals surface area contributed by atoms with Crippen LogP contribution in [0.15, 0.2) is 30.3 Å². The second kappa shape index (κ2) is 9.95. The molecule has 1 unspecified atom stereocenters. The van der Waals surface area contributed by atoms with Crippen molar-refractivity contribution in [3.05, 3.63) is 52.8 Å². The van der Waals surface area contributed by atoms with Gasteiger partial charge in [-0.05, 0) is 32.8 Å². The van der Waals surface area contributed by atoms with E-state index in [9.17, 15) is 14.4 Å². The minimum Gasteiger partial charge on any atom is -0.382 e. The van der Waals surface area contributed by atoms with E-state index < -0.39 is 5.54 Å². The minimum absolute atomic E-state index is 0.155. The lowest BCUT2D eigenvalue weighted by Crippen LogP contribution is -2.62. The molecule has 0 bridgehead atoms. The lowest BCUT2D eigenvalue weighted by atomic mass is 9.95. The van der Waals surface area contributed by atoms with Crippen molar-refractivity contribution in [1.29, 1.82) is 0 Å². The molecule has 1 aliphatic heterocycles. The van der Waals surface area contributed by atoms with E-state index in [0.717, 1.165) is 11.1 Å². The first-order chi connectivity index (χ1) is 15.3. The first-order valence-electron chi connectivity index (χ1n) is 10.8. The van der Waals surface area contributed by atoms with Gasteiger partial charge in [-0.15, -0.1) is 0 Å². The van der Waals surface area contributed by atoms with Crippen molar-refractivity contribution in [3.63, 3.8) is 0 Å². The number of benzene rings is 1. The second-order valence-electron chi connectivity index (χ2n) is 8.19. The first-order valence-corrected chi connectivity index (χ1v) is 10.8. The minimum atomic E-state index is -1.13. The number of carbonyl (C=O) groups excluding carboxylic acids is 3. The smallest absolute Gasteiger partial charge is 0.272 e. The van der Waals surface area contributed by atoms with Crippen molar-refractivity contribution < 1.29 is 19.1 Å². The Bertz CT molecular complexity index is 985. The Labute approximate surface area is 188 Å². The van der Waals surface area contributed by atoms with Gasteiger partial charge in [-0.2, -0.15) is 5.10 Å². The summed E-state index contributed by atoms with van der Waals surface area (Å²) in [6.45, 7) is 7.79. The molecule has 0 saturated carbocycles. The highest BCUT2D eigenvalue weighted by Crippen LogP contribution is 2.26. The van der Waals surface area contributed by atoms with Crippen LogP contribution in [0, 0.1) is 6.92 Å². The second-order valence-corrected chi connectivity index (χ2v) is 8.19. The van der Waals surface area contributed by atoms with Crippen molar-refractivity contribution in [3.8, 4) is 0 Å². The van der Waals surface area contributed by atoms with Crippen LogP contribution in [0.1, 0.15) is 52.4 Å². The van der Waals surface area contributed by atoms with Gasteiger partial charge in [0.15, 0.2) is 5.69 Å². The van der Waals surface area contributed by atoms with Crippen LogP contribution in [0.3, 0.4) is 0 Å². The van der Waals surface area contributed by atoms with E-state index in [0.29, 0.717) is 32.7 Å². The molecule has 172 valence electrons. The number of aryl methyl sites for hydroxylation is 1. The fourth-order valence-electron chi connectivity index (χ4n) is 3.53. The van der Waals surface area contributed by atoms with Crippen LogP contribution >= 0.6 is 0 Å². The van der Waals surface area contributed by atoms with Gasteiger partial charge in [0.2, 0.25) is 5.91 Å². The van der Waals surface area contributed by atoms with Crippen LogP contribution < -0.4 is 10.6 Å². The maximum Gasteiger partial charge on any atom is 0.272 e. The molecule has 9 heteroatoms. The van der Waals surface area contributed by atoms with Crippen molar-refractivity contribution >= 4 is 17.7 Å². The zero-order valence-corrected chi connectivity index (χ0v) is 19.1. The summed E-state index contributed by atoms with van der Waals surface area (Å²) in [4.78, 5) is 39.9. The number of amides is 3. The zero-order chi connectivity index (χ0) is 23.3. The maximum atomic E-state index is 13.1. The van der Waals surface area contributed by atoms with Gasteiger partial charge in [0.05, 0.1) is 6.54 Å². The van der Waals surface area contributed by atoms with Gasteiger partial charge in [-0.25, -0.2) is 0 Å². The van der Waals surface area contributed by atoms with Gasteiger partial charge < -0.3 is 20.3 Å². The SMILES string of the molecule is CCOCCCNC(=O)c1cc2n(n1)CC(C)(C(=O)NCc1ccc(C)cc1)N(C)C2=O. The third-order valence-electron chi connectivity index (χ3n) is 5.75. The number of hydrogen-bond donors (Lipinski definition) is 2. The van der Waals surface area contributed by atoms with Gasteiger partial charge in [0.25, 0.3) is 11.8 Å². The van der Waals surface area contributed by atoms with E-state index in [1.54, 1.807) is 14.0 Å². The summed E-state index contributed by atoms with van der Waals surface area (Å²) in [5, 5.41) is 10.0. The Hall–Kier alpha value is -3.20. The van der Waals surface area contributed by atoms with E-state index in [2.05, 4.69) is 15.7 Å². The quantitative estimate of drug-likeness (QED) is 0.574. The van der Waals surface area contributed by atoms with Crippen LogP contribution in [0.5, 0.6) is 0 Å². The van der Waals surface area contributed by atoms with Crippen molar-refractivity contribution in [1.82, 2.24) is 25.3 Å². The molecule has 9 nitrogen and oxygen atoms in total. The lowest BCUT2D eigenvalue weighted by Gasteiger charge is -2.40. The summed E-state index contributed by atoms with van der Waals surface area (Å²) < 4.78 is 6.70. The van der Waals surface area contributed by atoms with Crippen molar-refractivity contribution in [2.45, 2.75) is 45.8 Å². The number of nitrogens with zero attached hydrogens (tertiary/aromatic N) is 3. The molecule has 2 aromatic rings. The predicted octanol–water partition coefficient (Wildman–Crippen LogP) is 1.51. The molecule has 1 atom stereocenters. The summed E-state index contributed by atoms with van der Waals surface area (Å²) in [6, 6.07) is 9.36. The molecule has 1 aromatic carbocycles. The number of likely N-dealkylation sites (N-methyl/N-ethyl adjacent to an activating group) is 1. The third-order valence-corrected chi connectivity index (χ3v) is 5.75. The Morgan fingerprint density at radius 1 is 1.22 bits per heavy atom. The Balaban J connectivity index is 1.67. The van der Waals surface area contributed by atoms with Crippen LogP contribution in [0.2, 0.25) is 0 Å². The molecule has 1 aromatic heterocycles. The van der Waals surface area contributed by atoms with Gasteiger partial charge in [-0.3, -0.25) is 19.1 Å². The van der Waals surface area contributed by atoms with E-state index in [1.807, 2.05) is 38.1 Å². The highest BCUT2D eigenvalue weighted by atomic mass is 16.5. The average Bonchev–Trinajstić information content (AvgIpc) is 3.20. The Morgan fingerprint density at radius 3 is 2.62 bits per heavy atom. The topological polar surface area (TPSA) is 106 Å². The van der Waals surface area contributed by atoms with Gasteiger partial charge in [0, 0.05) is 39.4 Å². The average molecular weight is 442 g/mol. The predicted molar refractivity (Wildman–Crippen MR) is 119 cm³/mol. The van der Waals surface area contributed by atoms with Crippen LogP contribution in [-0.4, -0.2) is 64.7 Å². The molecule has 3 amide bonds. The highest BCUT2D eigenvalue weighted by molar-refractivity contribution is 6.01. The monoisotopic (exact) mass is 441 g/mol. The zero-order valence-electron chi connectivity index (χ0n) is 19.1. The first kappa shape index (κ1) is 23.5. The van der Waals surface area contributed by atoms with Crippen molar-refractivity contribution in [2.75, 3.05) is 26.8 Å². The number of nitrogens with one attached hydrogen (secondary N) is 2. The molecule has 3 rings (SSSR count). The summed E-state index contributed by atoms with van der Waals surface area (Å²) in [5.41, 5.74) is 1.43. The third kappa shape index (κ3) is 4.99. The lowest BCUT2D eigenvalue weighted by molar-refractivity contribution is -0.132. The summed E-state index contributed by atoms with van der Waals surface area (Å²) in [6.07, 6.45) is 0.689. The fraction of sp³-hybridized carbons (Fsp3) is 0.478. The number of rotatable bonds is 9. The molecule has 0 fully saturated rings. The standard InChI is InChI=1S/C23H31N5O4/c1-5-32-12-6-11-24-20(29)18-13-19-21(30)27(4)23(3,15-28(19)26-18)22(31)25-14-17-9-7-16(2)8-10-17/h7-10,13H,5-6,11-12,14-15H2,1-4H3,(H,24,29)(H,25,31). The van der Waals surface area contributed by atoms with E-state index in [-0.39, 0.29) is 35.7 Å².